The molecule has 0 aromatic carbocycles. The molecule has 1 aliphatic rings. The molecule has 0 radical (unpaired) electrons. The van der Waals surface area contributed by atoms with Crippen molar-refractivity contribution in [1.82, 2.24) is 15.0 Å². The fourth-order valence-corrected chi connectivity index (χ4v) is 2.06. The fourth-order valence-electron chi connectivity index (χ4n) is 2.06. The molecule has 122 valence electrons. The van der Waals surface area contributed by atoms with Crippen LogP contribution in [0, 0.1) is 0 Å². The number of carbonyl (C=O) groups excluding carboxylic acids is 1. The van der Waals surface area contributed by atoms with Crippen LogP contribution in [0.1, 0.15) is 38.9 Å². The molecule has 2 rings (SSSR count). The monoisotopic (exact) mass is 311 g/mol. The van der Waals surface area contributed by atoms with E-state index in [2.05, 4.69) is 10.1 Å². The molecular formula is C14H21N3O5. The lowest BCUT2D eigenvalue weighted by molar-refractivity contribution is -0.159. The number of hydrogen-bond acceptors (Lipinski definition) is 6. The van der Waals surface area contributed by atoms with Gasteiger partial charge in [-0.2, -0.15) is 4.98 Å². The molecule has 0 bridgehead atoms. The Bertz CT molecular complexity index is 549. The van der Waals surface area contributed by atoms with Crippen LogP contribution in [0.25, 0.3) is 0 Å². The molecule has 1 aliphatic heterocycles. The Kier molecular flexibility index (Phi) is 4.80. The van der Waals surface area contributed by atoms with E-state index in [1.807, 2.05) is 20.8 Å². The highest BCUT2D eigenvalue weighted by molar-refractivity contribution is 5.78. The molecule has 0 saturated carbocycles. The minimum atomic E-state index is -1.05. The first-order valence-electron chi connectivity index (χ1n) is 7.22. The van der Waals surface area contributed by atoms with Crippen LogP contribution in [0.4, 0.5) is 0 Å². The van der Waals surface area contributed by atoms with E-state index in [0.29, 0.717) is 24.7 Å². The predicted molar refractivity (Wildman–Crippen MR) is 75.3 cm³/mol. The summed E-state index contributed by atoms with van der Waals surface area (Å²) in [4.78, 5) is 28.8. The van der Waals surface area contributed by atoms with Gasteiger partial charge in [0.25, 0.3) is 0 Å². The van der Waals surface area contributed by atoms with Gasteiger partial charge in [0.1, 0.15) is 0 Å². The molecule has 1 aromatic rings. The van der Waals surface area contributed by atoms with Crippen molar-refractivity contribution in [3.05, 3.63) is 11.7 Å². The van der Waals surface area contributed by atoms with Gasteiger partial charge in [-0.05, 0) is 0 Å². The van der Waals surface area contributed by atoms with Gasteiger partial charge in [0, 0.05) is 24.8 Å². The second-order valence-corrected chi connectivity index (χ2v) is 6.30. The molecule has 0 spiro atoms. The molecule has 0 unspecified atom stereocenters. The molecule has 1 amide bonds. The van der Waals surface area contributed by atoms with Crippen LogP contribution in [0.2, 0.25) is 0 Å². The van der Waals surface area contributed by atoms with Gasteiger partial charge >= 0.3 is 5.97 Å². The Labute approximate surface area is 128 Å². The van der Waals surface area contributed by atoms with E-state index in [0.717, 1.165) is 0 Å². The molecule has 1 atom stereocenters. The third-order valence-electron chi connectivity index (χ3n) is 3.39. The molecule has 8 heteroatoms. The van der Waals surface area contributed by atoms with E-state index in [1.54, 1.807) is 0 Å². The number of aliphatic carboxylic acids is 1. The van der Waals surface area contributed by atoms with E-state index < -0.39 is 12.1 Å². The third kappa shape index (κ3) is 4.03. The van der Waals surface area contributed by atoms with Gasteiger partial charge in [-0.15, -0.1) is 0 Å². The number of amides is 1. The number of aryl methyl sites for hydroxylation is 1. The van der Waals surface area contributed by atoms with Gasteiger partial charge in [-0.25, -0.2) is 4.79 Å². The molecule has 1 fully saturated rings. The summed E-state index contributed by atoms with van der Waals surface area (Å²) in [5.74, 6) is -0.164. The van der Waals surface area contributed by atoms with Gasteiger partial charge < -0.3 is 19.3 Å². The number of morpholine rings is 1. The molecule has 2 heterocycles. The largest absolute Gasteiger partial charge is 0.479 e. The SMILES string of the molecule is CC(C)(C)c1noc(CCC(=O)N2CCO[C@H](C(=O)O)C2)n1. The van der Waals surface area contributed by atoms with Gasteiger partial charge in [0.15, 0.2) is 11.9 Å². The van der Waals surface area contributed by atoms with Gasteiger partial charge in [-0.3, -0.25) is 4.79 Å². The van der Waals surface area contributed by atoms with Crippen LogP contribution in [-0.4, -0.2) is 57.8 Å². The summed E-state index contributed by atoms with van der Waals surface area (Å²) in [6.45, 7) is 6.65. The minimum absolute atomic E-state index is 0.0746. The van der Waals surface area contributed by atoms with Crippen molar-refractivity contribution in [3.63, 3.8) is 0 Å². The number of nitrogens with zero attached hydrogens (tertiary/aromatic N) is 3. The van der Waals surface area contributed by atoms with Crippen LogP contribution in [-0.2, 0) is 26.2 Å². The van der Waals surface area contributed by atoms with E-state index >= 15 is 0 Å². The van der Waals surface area contributed by atoms with E-state index in [-0.39, 0.29) is 30.9 Å². The summed E-state index contributed by atoms with van der Waals surface area (Å²) in [5.41, 5.74) is -0.204. The lowest BCUT2D eigenvalue weighted by Crippen LogP contribution is -2.48. The Morgan fingerprint density at radius 1 is 1.41 bits per heavy atom. The second-order valence-electron chi connectivity index (χ2n) is 6.30. The van der Waals surface area contributed by atoms with E-state index in [1.165, 1.54) is 4.90 Å². The highest BCUT2D eigenvalue weighted by Gasteiger charge is 2.29. The molecule has 22 heavy (non-hydrogen) atoms. The molecule has 1 aromatic heterocycles. The zero-order chi connectivity index (χ0) is 16.3. The van der Waals surface area contributed by atoms with Crippen LogP contribution in [0.15, 0.2) is 4.52 Å². The first-order valence-corrected chi connectivity index (χ1v) is 7.22. The van der Waals surface area contributed by atoms with Crippen LogP contribution in [0.5, 0.6) is 0 Å². The average molecular weight is 311 g/mol. The standard InChI is InChI=1S/C14H21N3O5/c1-14(2,3)13-15-10(22-16-13)4-5-11(18)17-6-7-21-9(8-17)12(19)20/h9H,4-8H2,1-3H3,(H,19,20)/t9-/m0/s1. The lowest BCUT2D eigenvalue weighted by atomic mass is 9.96. The van der Waals surface area contributed by atoms with Crippen molar-refractivity contribution >= 4 is 11.9 Å². The van der Waals surface area contributed by atoms with Crippen LogP contribution >= 0.6 is 0 Å². The Balaban J connectivity index is 1.87. The van der Waals surface area contributed by atoms with Crippen molar-refractivity contribution in [2.24, 2.45) is 0 Å². The van der Waals surface area contributed by atoms with Crippen LogP contribution < -0.4 is 0 Å². The minimum Gasteiger partial charge on any atom is -0.479 e. The summed E-state index contributed by atoms with van der Waals surface area (Å²) in [5, 5.41) is 12.8. The van der Waals surface area contributed by atoms with Crippen molar-refractivity contribution in [2.75, 3.05) is 19.7 Å². The maximum atomic E-state index is 12.1. The van der Waals surface area contributed by atoms with Crippen molar-refractivity contribution in [3.8, 4) is 0 Å². The van der Waals surface area contributed by atoms with Crippen molar-refractivity contribution in [2.45, 2.75) is 45.1 Å². The van der Waals surface area contributed by atoms with Crippen molar-refractivity contribution in [1.29, 1.82) is 0 Å². The zero-order valence-electron chi connectivity index (χ0n) is 13.0. The Morgan fingerprint density at radius 2 is 2.14 bits per heavy atom. The first-order chi connectivity index (χ1) is 10.3. The van der Waals surface area contributed by atoms with Gasteiger partial charge in [-0.1, -0.05) is 25.9 Å². The average Bonchev–Trinajstić information content (AvgIpc) is 2.94. The van der Waals surface area contributed by atoms with Gasteiger partial charge in [0.2, 0.25) is 11.8 Å². The van der Waals surface area contributed by atoms with E-state index in [9.17, 15) is 9.59 Å². The smallest absolute Gasteiger partial charge is 0.334 e. The number of rotatable bonds is 4. The number of aromatic nitrogens is 2. The second kappa shape index (κ2) is 6.43. The highest BCUT2D eigenvalue weighted by Crippen LogP contribution is 2.19. The first kappa shape index (κ1) is 16.4. The number of ether oxygens (including phenoxy) is 1. The summed E-state index contributed by atoms with van der Waals surface area (Å²) in [7, 11) is 0. The summed E-state index contributed by atoms with van der Waals surface area (Å²) in [6, 6.07) is 0. The maximum absolute atomic E-state index is 12.1. The third-order valence-corrected chi connectivity index (χ3v) is 3.39. The fraction of sp³-hybridized carbons (Fsp3) is 0.714. The molecular weight excluding hydrogens is 290 g/mol. The van der Waals surface area contributed by atoms with Crippen molar-refractivity contribution < 1.29 is 24.0 Å². The quantitative estimate of drug-likeness (QED) is 0.868. The van der Waals surface area contributed by atoms with Crippen LogP contribution in [0.3, 0.4) is 0 Å². The summed E-state index contributed by atoms with van der Waals surface area (Å²) in [6.07, 6.45) is -0.400. The Morgan fingerprint density at radius 3 is 2.73 bits per heavy atom. The molecule has 1 N–H and O–H groups in total. The highest BCUT2D eigenvalue weighted by atomic mass is 16.5. The van der Waals surface area contributed by atoms with E-state index in [4.69, 9.17) is 14.4 Å². The lowest BCUT2D eigenvalue weighted by Gasteiger charge is -2.30. The maximum Gasteiger partial charge on any atom is 0.334 e. The molecule has 0 aliphatic carbocycles. The molecule has 8 nitrogen and oxygen atoms in total. The number of carbonyl (C=O) groups is 2. The predicted octanol–water partition coefficient (Wildman–Crippen LogP) is 0.612. The summed E-state index contributed by atoms with van der Waals surface area (Å²) < 4.78 is 10.2. The summed E-state index contributed by atoms with van der Waals surface area (Å²) >= 11 is 0. The number of carboxylic acids is 1. The topological polar surface area (TPSA) is 106 Å². The molecule has 1 saturated heterocycles. The number of carboxylic acid groups (broad SMARTS) is 1. The normalized spacial score (nSPS) is 19.2. The Hall–Kier alpha value is -1.96. The zero-order valence-corrected chi connectivity index (χ0v) is 13.0. The number of hydrogen-bond donors (Lipinski definition) is 1. The van der Waals surface area contributed by atoms with Gasteiger partial charge in [0.05, 0.1) is 13.2 Å².